The van der Waals surface area contributed by atoms with Crippen molar-refractivity contribution in [3.63, 3.8) is 0 Å². The molecule has 1 aliphatic rings. The lowest BCUT2D eigenvalue weighted by Crippen LogP contribution is -2.44. The molecule has 0 amide bonds. The van der Waals surface area contributed by atoms with Crippen LogP contribution in [0.4, 0.5) is 5.95 Å². The fourth-order valence-corrected chi connectivity index (χ4v) is 3.95. The molecule has 3 heterocycles. The molecule has 146 valence electrons. The van der Waals surface area contributed by atoms with Crippen molar-refractivity contribution in [1.29, 1.82) is 5.26 Å². The number of fused-ring (bicyclic) bond motifs is 1. The smallest absolute Gasteiger partial charge is 0.207 e. The van der Waals surface area contributed by atoms with Gasteiger partial charge in [-0.1, -0.05) is 19.1 Å². The summed E-state index contributed by atoms with van der Waals surface area (Å²) < 4.78 is 2.29. The van der Waals surface area contributed by atoms with Crippen molar-refractivity contribution in [3.05, 3.63) is 53.9 Å². The van der Waals surface area contributed by atoms with Gasteiger partial charge in [0.05, 0.1) is 28.3 Å². The van der Waals surface area contributed by atoms with Crippen LogP contribution in [0.25, 0.3) is 11.0 Å². The summed E-state index contributed by atoms with van der Waals surface area (Å²) in [5, 5.41) is 9.07. The van der Waals surface area contributed by atoms with Crippen LogP contribution >= 0.6 is 12.4 Å². The monoisotopic (exact) mass is 396 g/mol. The van der Waals surface area contributed by atoms with Crippen LogP contribution in [0.5, 0.6) is 0 Å². The van der Waals surface area contributed by atoms with Gasteiger partial charge in [-0.05, 0) is 43.5 Å². The van der Waals surface area contributed by atoms with E-state index in [1.807, 2.05) is 24.3 Å². The Morgan fingerprint density at radius 3 is 2.79 bits per heavy atom. The van der Waals surface area contributed by atoms with Gasteiger partial charge in [0.2, 0.25) is 5.95 Å². The van der Waals surface area contributed by atoms with Crippen LogP contribution in [-0.4, -0.2) is 33.7 Å². The second-order valence-electron chi connectivity index (χ2n) is 7.13. The first-order valence-electron chi connectivity index (χ1n) is 9.54. The van der Waals surface area contributed by atoms with Gasteiger partial charge in [-0.3, -0.25) is 4.98 Å². The summed E-state index contributed by atoms with van der Waals surface area (Å²) in [4.78, 5) is 11.8. The summed E-state index contributed by atoms with van der Waals surface area (Å²) in [5.74, 6) is 0.962. The predicted octanol–water partition coefficient (Wildman–Crippen LogP) is 3.65. The molecule has 1 aliphatic heterocycles. The van der Waals surface area contributed by atoms with Crippen LogP contribution in [-0.2, 0) is 0 Å². The van der Waals surface area contributed by atoms with E-state index in [9.17, 15) is 0 Å². The Balaban J connectivity index is 0.00000225. The van der Waals surface area contributed by atoms with Gasteiger partial charge in [-0.2, -0.15) is 5.26 Å². The summed E-state index contributed by atoms with van der Waals surface area (Å²) in [5.41, 5.74) is 9.85. The van der Waals surface area contributed by atoms with E-state index in [0.29, 0.717) is 5.56 Å². The Labute approximate surface area is 171 Å². The quantitative estimate of drug-likeness (QED) is 0.727. The van der Waals surface area contributed by atoms with Gasteiger partial charge < -0.3 is 15.2 Å². The Kier molecular flexibility index (Phi) is 6.18. The number of hydrogen-bond donors (Lipinski definition) is 1. The second-order valence-corrected chi connectivity index (χ2v) is 7.13. The molecule has 28 heavy (non-hydrogen) atoms. The number of halogens is 1. The van der Waals surface area contributed by atoms with E-state index in [2.05, 4.69) is 39.6 Å². The number of nitrogens with two attached hydrogens (primary N) is 1. The lowest BCUT2D eigenvalue weighted by molar-refractivity contribution is 0.482. The van der Waals surface area contributed by atoms with Crippen molar-refractivity contribution in [2.24, 2.45) is 5.73 Å². The minimum Gasteiger partial charge on any atom is -0.341 e. The fourth-order valence-electron chi connectivity index (χ4n) is 3.95. The van der Waals surface area contributed by atoms with Crippen LogP contribution in [0.3, 0.4) is 0 Å². The molecule has 0 aliphatic carbocycles. The van der Waals surface area contributed by atoms with E-state index in [1.165, 1.54) is 0 Å². The largest absolute Gasteiger partial charge is 0.341 e. The normalized spacial score (nSPS) is 17.8. The number of anilines is 1. The Morgan fingerprint density at radius 1 is 1.29 bits per heavy atom. The molecule has 1 aromatic carbocycles. The maximum Gasteiger partial charge on any atom is 0.207 e. The first-order chi connectivity index (χ1) is 13.2. The number of imidazole rings is 1. The number of nitriles is 1. The van der Waals surface area contributed by atoms with Crippen LogP contribution in [0.2, 0.25) is 0 Å². The first-order valence-corrected chi connectivity index (χ1v) is 9.54. The highest BCUT2D eigenvalue weighted by Gasteiger charge is 2.26. The van der Waals surface area contributed by atoms with Gasteiger partial charge in [0.1, 0.15) is 6.07 Å². The average molecular weight is 397 g/mol. The van der Waals surface area contributed by atoms with Gasteiger partial charge in [0.25, 0.3) is 0 Å². The van der Waals surface area contributed by atoms with Crippen molar-refractivity contribution in [1.82, 2.24) is 14.5 Å². The molecule has 0 spiro atoms. The SMILES string of the molecule is CC[C@@H](c1ccc(C#N)cn1)n1c(N2CCCC(N)C2)nc2ccccc21.Cl. The Morgan fingerprint density at radius 2 is 2.11 bits per heavy atom. The highest BCUT2D eigenvalue weighted by Crippen LogP contribution is 2.33. The molecule has 1 fully saturated rings. The molecule has 2 aromatic heterocycles. The minimum absolute atomic E-state index is 0. The predicted molar refractivity (Wildman–Crippen MR) is 114 cm³/mol. The Hall–Kier alpha value is -2.62. The molecule has 1 unspecified atom stereocenters. The maximum atomic E-state index is 9.07. The number of nitrogens with zero attached hydrogens (tertiary/aromatic N) is 5. The van der Waals surface area contributed by atoms with Gasteiger partial charge in [0, 0.05) is 25.3 Å². The molecule has 1 saturated heterocycles. The molecule has 0 radical (unpaired) electrons. The zero-order chi connectivity index (χ0) is 18.8. The standard InChI is InChI=1S/C21H24N6.ClH/c1-2-19(17-10-9-15(12-22)13-24-17)27-20-8-4-3-7-18(20)25-21(27)26-11-5-6-16(23)14-26;/h3-4,7-10,13,16,19H,2,5-6,11,14,23H2,1H3;1H/t16?,19-;/m0./s1. The highest BCUT2D eigenvalue weighted by atomic mass is 35.5. The second kappa shape index (κ2) is 8.59. The summed E-state index contributed by atoms with van der Waals surface area (Å²) in [7, 11) is 0. The van der Waals surface area contributed by atoms with E-state index < -0.39 is 0 Å². The van der Waals surface area contributed by atoms with E-state index in [4.69, 9.17) is 16.0 Å². The zero-order valence-corrected chi connectivity index (χ0v) is 16.8. The molecule has 4 rings (SSSR count). The van der Waals surface area contributed by atoms with Gasteiger partial charge >= 0.3 is 0 Å². The molecule has 6 nitrogen and oxygen atoms in total. The summed E-state index contributed by atoms with van der Waals surface area (Å²) >= 11 is 0. The van der Waals surface area contributed by atoms with Crippen LogP contribution in [0, 0.1) is 11.3 Å². The molecule has 3 aromatic rings. The molecule has 0 bridgehead atoms. The third-order valence-electron chi connectivity index (χ3n) is 5.27. The van der Waals surface area contributed by atoms with E-state index in [-0.39, 0.29) is 24.5 Å². The molecule has 2 atom stereocenters. The van der Waals surface area contributed by atoms with E-state index in [1.54, 1.807) is 6.20 Å². The average Bonchev–Trinajstić information content (AvgIpc) is 3.09. The zero-order valence-electron chi connectivity index (χ0n) is 16.0. The number of pyridine rings is 1. The number of benzene rings is 1. The summed E-state index contributed by atoms with van der Waals surface area (Å²) in [6.45, 7) is 3.94. The van der Waals surface area contributed by atoms with Gasteiger partial charge in [-0.25, -0.2) is 4.98 Å². The maximum absolute atomic E-state index is 9.07. The lowest BCUT2D eigenvalue weighted by atomic mass is 10.1. The third-order valence-corrected chi connectivity index (χ3v) is 5.27. The third kappa shape index (κ3) is 3.68. The lowest BCUT2D eigenvalue weighted by Gasteiger charge is -2.33. The molecular formula is C21H25ClN6. The Bertz CT molecular complexity index is 975. The molecular weight excluding hydrogens is 372 g/mol. The van der Waals surface area contributed by atoms with Crippen molar-refractivity contribution in [3.8, 4) is 6.07 Å². The van der Waals surface area contributed by atoms with Crippen LogP contribution < -0.4 is 10.6 Å². The molecule has 7 heteroatoms. The van der Waals surface area contributed by atoms with Crippen molar-refractivity contribution in [2.45, 2.75) is 38.3 Å². The fraction of sp³-hybridized carbons (Fsp3) is 0.381. The number of piperidine rings is 1. The highest BCUT2D eigenvalue weighted by molar-refractivity contribution is 5.85. The molecule has 0 saturated carbocycles. The van der Waals surface area contributed by atoms with E-state index in [0.717, 1.165) is 55.0 Å². The summed E-state index contributed by atoms with van der Waals surface area (Å²) in [6, 6.07) is 14.4. The van der Waals surface area contributed by atoms with Crippen LogP contribution in [0.15, 0.2) is 42.6 Å². The minimum atomic E-state index is 0. The number of para-hydroxylation sites is 2. The van der Waals surface area contributed by atoms with Crippen molar-refractivity contribution < 1.29 is 0 Å². The summed E-state index contributed by atoms with van der Waals surface area (Å²) in [6.07, 6.45) is 4.67. The number of aromatic nitrogens is 3. The number of hydrogen-bond acceptors (Lipinski definition) is 5. The van der Waals surface area contributed by atoms with Crippen LogP contribution in [0.1, 0.15) is 43.5 Å². The van der Waals surface area contributed by atoms with Gasteiger partial charge in [-0.15, -0.1) is 12.4 Å². The topological polar surface area (TPSA) is 83.8 Å². The van der Waals surface area contributed by atoms with Gasteiger partial charge in [0.15, 0.2) is 0 Å². The van der Waals surface area contributed by atoms with E-state index >= 15 is 0 Å². The number of rotatable bonds is 4. The van der Waals surface area contributed by atoms with Crippen molar-refractivity contribution >= 4 is 29.4 Å². The molecule has 2 N–H and O–H groups in total. The first kappa shape index (κ1) is 20.1. The van der Waals surface area contributed by atoms with Crippen molar-refractivity contribution in [2.75, 3.05) is 18.0 Å².